The number of benzene rings is 1. The summed E-state index contributed by atoms with van der Waals surface area (Å²) in [6.45, 7) is 4.86. The van der Waals surface area contributed by atoms with Gasteiger partial charge < -0.3 is 15.4 Å². The number of anilines is 1. The van der Waals surface area contributed by atoms with Crippen molar-refractivity contribution < 1.29 is 19.1 Å². The number of imide groups is 1. The number of hydrogen-bond acceptors (Lipinski definition) is 5. The number of amides is 4. The van der Waals surface area contributed by atoms with Crippen molar-refractivity contribution >= 4 is 23.5 Å². The smallest absolute Gasteiger partial charge is 0.325 e. The normalized spacial score (nSPS) is 18.7. The van der Waals surface area contributed by atoms with Gasteiger partial charge in [0.2, 0.25) is 5.91 Å². The highest BCUT2D eigenvalue weighted by atomic mass is 16.5. The lowest BCUT2D eigenvalue weighted by Crippen LogP contribution is -2.45. The van der Waals surface area contributed by atoms with Crippen LogP contribution in [0.3, 0.4) is 0 Å². The number of aromatic nitrogens is 2. The molecule has 29 heavy (non-hydrogen) atoms. The zero-order valence-corrected chi connectivity index (χ0v) is 17.0. The summed E-state index contributed by atoms with van der Waals surface area (Å²) in [4.78, 5) is 38.5. The van der Waals surface area contributed by atoms with Gasteiger partial charge in [0.05, 0.1) is 24.2 Å². The maximum atomic E-state index is 12.9. The molecular weight excluding hydrogens is 374 g/mol. The summed E-state index contributed by atoms with van der Waals surface area (Å²) in [6.07, 6.45) is 1.02. The number of aromatic amines is 1. The van der Waals surface area contributed by atoms with E-state index in [9.17, 15) is 14.4 Å². The van der Waals surface area contributed by atoms with Crippen molar-refractivity contribution in [3.63, 3.8) is 0 Å². The van der Waals surface area contributed by atoms with E-state index in [0.29, 0.717) is 29.9 Å². The molecule has 9 nitrogen and oxygen atoms in total. The lowest BCUT2D eigenvalue weighted by atomic mass is 9.93. The highest BCUT2D eigenvalue weighted by Crippen LogP contribution is 2.24. The minimum Gasteiger partial charge on any atom is -0.497 e. The van der Waals surface area contributed by atoms with Crippen LogP contribution in [0, 0.1) is 13.8 Å². The van der Waals surface area contributed by atoms with Gasteiger partial charge in [-0.05, 0) is 51.3 Å². The standard InChI is InChI=1S/C20H25N5O4/c1-12-17(13(2)24-23-12)21-16(26)11-25-18(27)20(3,22-19(25)28)10-9-14-5-7-15(29-4)8-6-14/h5-8H,9-11H2,1-4H3,(H,21,26)(H,22,28)(H,23,24)/t20-/m0/s1. The molecule has 1 atom stereocenters. The fourth-order valence-corrected chi connectivity index (χ4v) is 3.30. The highest BCUT2D eigenvalue weighted by molar-refractivity contribution is 6.10. The van der Waals surface area contributed by atoms with Crippen molar-refractivity contribution in [3.05, 3.63) is 41.2 Å². The number of rotatable bonds is 7. The molecule has 1 aliphatic heterocycles. The Kier molecular flexibility index (Phi) is 5.58. The molecule has 1 saturated heterocycles. The molecule has 0 aliphatic carbocycles. The quantitative estimate of drug-likeness (QED) is 0.615. The van der Waals surface area contributed by atoms with Gasteiger partial charge in [0.25, 0.3) is 5.91 Å². The molecule has 0 unspecified atom stereocenters. The van der Waals surface area contributed by atoms with Gasteiger partial charge >= 0.3 is 6.03 Å². The molecule has 154 valence electrons. The Morgan fingerprint density at radius 2 is 1.93 bits per heavy atom. The zero-order chi connectivity index (χ0) is 21.2. The van der Waals surface area contributed by atoms with E-state index in [2.05, 4.69) is 20.8 Å². The van der Waals surface area contributed by atoms with Gasteiger partial charge in [0.1, 0.15) is 17.8 Å². The number of ether oxygens (including phenoxy) is 1. The van der Waals surface area contributed by atoms with Crippen LogP contribution in [0.5, 0.6) is 5.75 Å². The molecule has 1 aliphatic rings. The Bertz CT molecular complexity index is 917. The monoisotopic (exact) mass is 399 g/mol. The summed E-state index contributed by atoms with van der Waals surface area (Å²) < 4.78 is 5.14. The third-order valence-electron chi connectivity index (χ3n) is 5.11. The van der Waals surface area contributed by atoms with Crippen LogP contribution in [-0.2, 0) is 16.0 Å². The number of methoxy groups -OCH3 is 1. The molecule has 0 bridgehead atoms. The van der Waals surface area contributed by atoms with Crippen LogP contribution in [0.25, 0.3) is 0 Å². The molecule has 2 heterocycles. The Labute approximate surface area is 168 Å². The summed E-state index contributed by atoms with van der Waals surface area (Å²) in [5.41, 5.74) is 1.87. The molecule has 2 aromatic rings. The minimum absolute atomic E-state index is 0.354. The molecule has 0 spiro atoms. The summed E-state index contributed by atoms with van der Waals surface area (Å²) >= 11 is 0. The molecule has 9 heteroatoms. The fourth-order valence-electron chi connectivity index (χ4n) is 3.30. The van der Waals surface area contributed by atoms with Crippen molar-refractivity contribution in [2.24, 2.45) is 0 Å². The van der Waals surface area contributed by atoms with Crippen LogP contribution in [0.4, 0.5) is 10.5 Å². The van der Waals surface area contributed by atoms with E-state index in [1.165, 1.54) is 0 Å². The number of nitrogens with one attached hydrogen (secondary N) is 3. The lowest BCUT2D eigenvalue weighted by Gasteiger charge is -2.21. The number of H-pyrrole nitrogens is 1. The molecule has 3 N–H and O–H groups in total. The largest absolute Gasteiger partial charge is 0.497 e. The Balaban J connectivity index is 1.62. The molecule has 1 aromatic carbocycles. The first-order valence-electron chi connectivity index (χ1n) is 9.32. The summed E-state index contributed by atoms with van der Waals surface area (Å²) in [6, 6.07) is 6.98. The maximum absolute atomic E-state index is 12.9. The molecule has 1 fully saturated rings. The summed E-state index contributed by atoms with van der Waals surface area (Å²) in [7, 11) is 1.60. The Morgan fingerprint density at radius 3 is 2.52 bits per heavy atom. The van der Waals surface area contributed by atoms with E-state index in [4.69, 9.17) is 4.74 Å². The van der Waals surface area contributed by atoms with Gasteiger partial charge in [-0.1, -0.05) is 12.1 Å². The first-order chi connectivity index (χ1) is 13.7. The van der Waals surface area contributed by atoms with Gasteiger partial charge in [0.15, 0.2) is 0 Å². The van der Waals surface area contributed by atoms with Gasteiger partial charge in [0, 0.05) is 0 Å². The first-order valence-corrected chi connectivity index (χ1v) is 9.32. The van der Waals surface area contributed by atoms with Crippen LogP contribution in [0.15, 0.2) is 24.3 Å². The second-order valence-electron chi connectivity index (χ2n) is 7.36. The molecule has 0 radical (unpaired) electrons. The molecular formula is C20H25N5O4. The number of hydrogen-bond donors (Lipinski definition) is 3. The summed E-state index contributed by atoms with van der Waals surface area (Å²) in [5, 5.41) is 12.2. The van der Waals surface area contributed by atoms with E-state index >= 15 is 0 Å². The topological polar surface area (TPSA) is 116 Å². The van der Waals surface area contributed by atoms with Crippen molar-refractivity contribution in [2.45, 2.75) is 39.2 Å². The number of urea groups is 1. The highest BCUT2D eigenvalue weighted by Gasteiger charge is 2.47. The zero-order valence-electron chi connectivity index (χ0n) is 17.0. The fraction of sp³-hybridized carbons (Fsp3) is 0.400. The number of aryl methyl sites for hydroxylation is 3. The third kappa shape index (κ3) is 4.23. The van der Waals surface area contributed by atoms with Crippen LogP contribution in [-0.4, -0.2) is 52.1 Å². The third-order valence-corrected chi connectivity index (χ3v) is 5.11. The van der Waals surface area contributed by atoms with Gasteiger partial charge in [-0.25, -0.2) is 4.79 Å². The molecule has 3 rings (SSSR count). The van der Waals surface area contributed by atoms with E-state index in [1.54, 1.807) is 27.9 Å². The van der Waals surface area contributed by atoms with Crippen LogP contribution in [0.1, 0.15) is 30.3 Å². The van der Waals surface area contributed by atoms with Crippen molar-refractivity contribution in [3.8, 4) is 5.75 Å². The van der Waals surface area contributed by atoms with E-state index in [0.717, 1.165) is 16.2 Å². The van der Waals surface area contributed by atoms with Gasteiger partial charge in [-0.3, -0.25) is 19.6 Å². The van der Waals surface area contributed by atoms with Gasteiger partial charge in [-0.15, -0.1) is 0 Å². The predicted molar refractivity (Wildman–Crippen MR) is 107 cm³/mol. The predicted octanol–water partition coefficient (Wildman–Crippen LogP) is 1.92. The second kappa shape index (κ2) is 7.94. The average molecular weight is 399 g/mol. The SMILES string of the molecule is COc1ccc(CC[C@]2(C)NC(=O)N(CC(=O)Nc3c(C)n[nH]c3C)C2=O)cc1. The first kappa shape index (κ1) is 20.4. The van der Waals surface area contributed by atoms with Crippen LogP contribution >= 0.6 is 0 Å². The van der Waals surface area contributed by atoms with E-state index < -0.39 is 23.4 Å². The number of carbonyl (C=O) groups is 3. The Hall–Kier alpha value is -3.36. The van der Waals surface area contributed by atoms with Gasteiger partial charge in [-0.2, -0.15) is 5.10 Å². The van der Waals surface area contributed by atoms with Crippen molar-refractivity contribution in [1.29, 1.82) is 0 Å². The number of nitrogens with zero attached hydrogens (tertiary/aromatic N) is 2. The Morgan fingerprint density at radius 1 is 1.24 bits per heavy atom. The second-order valence-corrected chi connectivity index (χ2v) is 7.36. The van der Waals surface area contributed by atoms with Crippen LogP contribution < -0.4 is 15.4 Å². The molecule has 0 saturated carbocycles. The number of carbonyl (C=O) groups excluding carboxylic acids is 3. The van der Waals surface area contributed by atoms with E-state index in [-0.39, 0.29) is 6.54 Å². The van der Waals surface area contributed by atoms with Crippen LogP contribution in [0.2, 0.25) is 0 Å². The van der Waals surface area contributed by atoms with E-state index in [1.807, 2.05) is 24.3 Å². The minimum atomic E-state index is -1.06. The van der Waals surface area contributed by atoms with Crippen molar-refractivity contribution in [1.82, 2.24) is 20.4 Å². The average Bonchev–Trinajstić information content (AvgIpc) is 3.12. The maximum Gasteiger partial charge on any atom is 0.325 e. The molecule has 4 amide bonds. The molecule has 1 aromatic heterocycles. The van der Waals surface area contributed by atoms with Crippen molar-refractivity contribution in [2.75, 3.05) is 19.0 Å². The summed E-state index contributed by atoms with van der Waals surface area (Å²) in [5.74, 6) is -0.113. The lowest BCUT2D eigenvalue weighted by molar-refractivity contribution is -0.133.